The number of halogens is 1. The van der Waals surface area contributed by atoms with Crippen LogP contribution in [0.5, 0.6) is 0 Å². The van der Waals surface area contributed by atoms with Gasteiger partial charge in [0.2, 0.25) is 11.8 Å². The van der Waals surface area contributed by atoms with Gasteiger partial charge < -0.3 is 14.7 Å². The van der Waals surface area contributed by atoms with Crippen LogP contribution in [0.2, 0.25) is 0 Å². The first-order valence-electron chi connectivity index (χ1n) is 11.1. The maximum atomic E-state index is 15.6. The highest BCUT2D eigenvalue weighted by Crippen LogP contribution is 2.39. The number of ether oxygens (including phenoxy) is 1. The number of likely N-dealkylation sites (tertiary alicyclic amines) is 1. The fourth-order valence-electron chi connectivity index (χ4n) is 4.53. The third kappa shape index (κ3) is 4.04. The number of hydrogen-bond donors (Lipinski definition) is 2. The summed E-state index contributed by atoms with van der Waals surface area (Å²) in [4.78, 5) is 63.9. The number of hydrogen-bond acceptors (Lipinski definition) is 7. The normalized spacial score (nSPS) is 22.6. The van der Waals surface area contributed by atoms with Crippen molar-refractivity contribution >= 4 is 29.7 Å². The van der Waals surface area contributed by atoms with E-state index in [-0.39, 0.29) is 49.9 Å². The molecule has 182 valence electrons. The van der Waals surface area contributed by atoms with Gasteiger partial charge in [0.15, 0.2) is 0 Å². The van der Waals surface area contributed by atoms with E-state index in [0.29, 0.717) is 4.90 Å². The van der Waals surface area contributed by atoms with Crippen LogP contribution < -0.4 is 5.32 Å². The minimum atomic E-state index is -1.66. The highest BCUT2D eigenvalue weighted by molar-refractivity contribution is 6.23. The molecule has 3 aliphatic rings. The standard InChI is InChI=1S/C23H26FN3O7/c1-22(2,3)34-21(32)26-10-8-23(33,9-11-26)13-5-4-12-16(17(13)24)20(31)27(19(12)30)14-6-7-15(28)25-18(14)29/h4-5,14,33H,6-11H2,1-3H3,(H,25,28,29). The molecule has 0 spiro atoms. The summed E-state index contributed by atoms with van der Waals surface area (Å²) in [6.45, 7) is 5.43. The van der Waals surface area contributed by atoms with Crippen LogP contribution in [0, 0.1) is 5.82 Å². The summed E-state index contributed by atoms with van der Waals surface area (Å²) in [6.07, 6.45) is -0.632. The Morgan fingerprint density at radius 2 is 1.79 bits per heavy atom. The highest BCUT2D eigenvalue weighted by Gasteiger charge is 2.48. The molecule has 1 atom stereocenters. The van der Waals surface area contributed by atoms with E-state index in [9.17, 15) is 29.1 Å². The number of carbonyl (C=O) groups is 5. The summed E-state index contributed by atoms with van der Waals surface area (Å²) in [7, 11) is 0. The number of aliphatic hydroxyl groups is 1. The monoisotopic (exact) mass is 475 g/mol. The van der Waals surface area contributed by atoms with Crippen molar-refractivity contribution < 1.29 is 38.2 Å². The summed E-state index contributed by atoms with van der Waals surface area (Å²) < 4.78 is 20.9. The fourth-order valence-corrected chi connectivity index (χ4v) is 4.53. The van der Waals surface area contributed by atoms with E-state index >= 15 is 4.39 Å². The molecular formula is C23H26FN3O7. The molecule has 10 nitrogen and oxygen atoms in total. The molecular weight excluding hydrogens is 449 g/mol. The topological polar surface area (TPSA) is 133 Å². The Balaban J connectivity index is 1.57. The Labute approximate surface area is 195 Å². The van der Waals surface area contributed by atoms with Crippen molar-refractivity contribution in [1.82, 2.24) is 15.1 Å². The van der Waals surface area contributed by atoms with E-state index in [0.717, 1.165) is 0 Å². The number of carbonyl (C=O) groups excluding carboxylic acids is 5. The molecule has 0 bridgehead atoms. The number of amides is 5. The lowest BCUT2D eigenvalue weighted by molar-refractivity contribution is -0.136. The predicted molar refractivity (Wildman–Crippen MR) is 114 cm³/mol. The van der Waals surface area contributed by atoms with E-state index in [4.69, 9.17) is 4.74 Å². The maximum absolute atomic E-state index is 15.6. The van der Waals surface area contributed by atoms with Crippen molar-refractivity contribution in [2.24, 2.45) is 0 Å². The summed E-state index contributed by atoms with van der Waals surface area (Å²) in [6, 6.07) is 1.31. The third-order valence-corrected chi connectivity index (χ3v) is 6.29. The number of benzene rings is 1. The molecule has 1 unspecified atom stereocenters. The van der Waals surface area contributed by atoms with E-state index in [1.54, 1.807) is 20.8 Å². The second-order valence-corrected chi connectivity index (χ2v) is 9.80. The Morgan fingerprint density at radius 1 is 1.15 bits per heavy atom. The minimum absolute atomic E-state index is 0.000936. The van der Waals surface area contributed by atoms with Gasteiger partial charge in [-0.05, 0) is 46.1 Å². The van der Waals surface area contributed by atoms with Crippen molar-refractivity contribution in [2.45, 2.75) is 63.7 Å². The van der Waals surface area contributed by atoms with Gasteiger partial charge in [0, 0.05) is 25.1 Å². The average Bonchev–Trinajstić information content (AvgIpc) is 2.98. The second kappa shape index (κ2) is 8.15. The van der Waals surface area contributed by atoms with E-state index in [1.807, 2.05) is 0 Å². The van der Waals surface area contributed by atoms with Crippen molar-refractivity contribution in [3.05, 3.63) is 34.6 Å². The number of nitrogens with one attached hydrogen (secondary N) is 1. The zero-order chi connectivity index (χ0) is 25.0. The van der Waals surface area contributed by atoms with Crippen molar-refractivity contribution in [3.8, 4) is 0 Å². The summed E-state index contributed by atoms with van der Waals surface area (Å²) in [5, 5.41) is 13.3. The van der Waals surface area contributed by atoms with Gasteiger partial charge >= 0.3 is 6.09 Å². The van der Waals surface area contributed by atoms with Crippen LogP contribution in [0.25, 0.3) is 0 Å². The van der Waals surface area contributed by atoms with E-state index in [1.165, 1.54) is 17.0 Å². The fraction of sp³-hybridized carbons (Fsp3) is 0.522. The number of nitrogens with zero attached hydrogens (tertiary/aromatic N) is 2. The molecule has 34 heavy (non-hydrogen) atoms. The number of imide groups is 2. The smallest absolute Gasteiger partial charge is 0.410 e. The molecule has 5 amide bonds. The number of rotatable bonds is 2. The van der Waals surface area contributed by atoms with Crippen LogP contribution in [0.3, 0.4) is 0 Å². The Morgan fingerprint density at radius 3 is 2.38 bits per heavy atom. The van der Waals surface area contributed by atoms with Crippen LogP contribution in [-0.4, -0.2) is 69.4 Å². The van der Waals surface area contributed by atoms with Gasteiger partial charge in [0.25, 0.3) is 11.8 Å². The first-order chi connectivity index (χ1) is 15.8. The van der Waals surface area contributed by atoms with Crippen molar-refractivity contribution in [3.63, 3.8) is 0 Å². The van der Waals surface area contributed by atoms with E-state index in [2.05, 4.69) is 5.32 Å². The zero-order valence-corrected chi connectivity index (χ0v) is 19.1. The van der Waals surface area contributed by atoms with Crippen molar-refractivity contribution in [1.29, 1.82) is 0 Å². The maximum Gasteiger partial charge on any atom is 0.410 e. The Bertz CT molecular complexity index is 1100. The van der Waals surface area contributed by atoms with Gasteiger partial charge in [0.1, 0.15) is 17.5 Å². The second-order valence-electron chi connectivity index (χ2n) is 9.80. The Hall–Kier alpha value is -3.34. The molecule has 4 rings (SSSR count). The molecule has 11 heteroatoms. The van der Waals surface area contributed by atoms with Crippen LogP contribution in [-0.2, 0) is 19.9 Å². The van der Waals surface area contributed by atoms with Gasteiger partial charge in [-0.1, -0.05) is 6.07 Å². The van der Waals surface area contributed by atoms with Gasteiger partial charge in [0.05, 0.1) is 16.7 Å². The van der Waals surface area contributed by atoms with Crippen LogP contribution in [0.1, 0.15) is 72.7 Å². The summed E-state index contributed by atoms with van der Waals surface area (Å²) in [5.74, 6) is -4.14. The average molecular weight is 475 g/mol. The van der Waals surface area contributed by atoms with Crippen LogP contribution >= 0.6 is 0 Å². The SMILES string of the molecule is CC(C)(C)OC(=O)N1CCC(O)(c2ccc3c(c2F)C(=O)N(C2CCC(=O)NC2=O)C3=O)CC1. The first kappa shape index (κ1) is 23.8. The molecule has 3 heterocycles. The molecule has 1 aromatic carbocycles. The summed E-state index contributed by atoms with van der Waals surface area (Å²) in [5.41, 5.74) is -3.20. The van der Waals surface area contributed by atoms with Crippen LogP contribution in [0.4, 0.5) is 9.18 Å². The molecule has 2 fully saturated rings. The molecule has 0 saturated carbocycles. The van der Waals surface area contributed by atoms with Crippen LogP contribution in [0.15, 0.2) is 12.1 Å². The number of fused-ring (bicyclic) bond motifs is 1. The molecule has 1 aromatic rings. The molecule has 0 aromatic heterocycles. The lowest BCUT2D eigenvalue weighted by atomic mass is 9.83. The molecule has 0 radical (unpaired) electrons. The van der Waals surface area contributed by atoms with Crippen molar-refractivity contribution in [2.75, 3.05) is 13.1 Å². The third-order valence-electron chi connectivity index (χ3n) is 6.29. The van der Waals surface area contributed by atoms with Gasteiger partial charge in [-0.15, -0.1) is 0 Å². The minimum Gasteiger partial charge on any atom is -0.444 e. The van der Waals surface area contributed by atoms with Gasteiger partial charge in [-0.3, -0.25) is 29.4 Å². The molecule has 2 saturated heterocycles. The molecule has 3 aliphatic heterocycles. The summed E-state index contributed by atoms with van der Waals surface area (Å²) >= 11 is 0. The Kier molecular flexibility index (Phi) is 5.71. The van der Waals surface area contributed by atoms with Gasteiger partial charge in [-0.25, -0.2) is 9.18 Å². The lowest BCUT2D eigenvalue weighted by Crippen LogP contribution is -2.54. The highest BCUT2D eigenvalue weighted by atomic mass is 19.1. The molecule has 2 N–H and O–H groups in total. The number of piperidine rings is 2. The predicted octanol–water partition coefficient (Wildman–Crippen LogP) is 1.45. The zero-order valence-electron chi connectivity index (χ0n) is 19.1. The molecule has 0 aliphatic carbocycles. The van der Waals surface area contributed by atoms with E-state index < -0.39 is 58.3 Å². The lowest BCUT2D eigenvalue weighted by Gasteiger charge is -2.39. The van der Waals surface area contributed by atoms with Gasteiger partial charge in [-0.2, -0.15) is 0 Å². The quantitative estimate of drug-likeness (QED) is 0.619. The first-order valence-corrected chi connectivity index (χ1v) is 11.1. The largest absolute Gasteiger partial charge is 0.444 e.